The van der Waals surface area contributed by atoms with Crippen LogP contribution in [0.3, 0.4) is 0 Å². The van der Waals surface area contributed by atoms with Gasteiger partial charge in [-0.15, -0.1) is 0 Å². The topological polar surface area (TPSA) is 69.2 Å². The molecule has 0 N–H and O–H groups in total. The van der Waals surface area contributed by atoms with Crippen LogP contribution in [0.4, 0.5) is 17.3 Å². The van der Waals surface area contributed by atoms with Crippen molar-refractivity contribution in [1.29, 1.82) is 0 Å². The zero-order valence-electron chi connectivity index (χ0n) is 16.2. The van der Waals surface area contributed by atoms with Gasteiger partial charge in [-0.05, 0) is 31.3 Å². The van der Waals surface area contributed by atoms with Gasteiger partial charge < -0.3 is 14.5 Å². The molecule has 8 nitrogen and oxygen atoms in total. The van der Waals surface area contributed by atoms with E-state index in [0.717, 1.165) is 26.2 Å². The lowest BCUT2D eigenvalue weighted by Crippen LogP contribution is -2.45. The normalized spacial score (nSPS) is 19.9. The van der Waals surface area contributed by atoms with Gasteiger partial charge in [0, 0.05) is 26.2 Å². The molecule has 2 fully saturated rings. The Morgan fingerprint density at radius 3 is 2.25 bits per heavy atom. The zero-order valence-corrected chi connectivity index (χ0v) is 17.0. The van der Waals surface area contributed by atoms with E-state index in [4.69, 9.17) is 9.72 Å². The maximum absolute atomic E-state index is 13.1. The minimum Gasteiger partial charge on any atom is -0.493 e. The Morgan fingerprint density at radius 1 is 0.893 bits per heavy atom. The molecule has 0 saturated carbocycles. The number of nitrogens with zero attached hydrogens (tertiary/aromatic N) is 5. The quantitative estimate of drug-likeness (QED) is 0.769. The number of hydrogen-bond acceptors (Lipinski definition) is 6. The first kappa shape index (κ1) is 18.8. The number of para-hydroxylation sites is 1. The summed E-state index contributed by atoms with van der Waals surface area (Å²) >= 11 is 0. The highest BCUT2D eigenvalue weighted by Crippen LogP contribution is 2.33. The number of rotatable bonds is 4. The van der Waals surface area contributed by atoms with Gasteiger partial charge in [0.1, 0.15) is 5.82 Å². The van der Waals surface area contributed by atoms with Crippen molar-refractivity contribution in [1.82, 2.24) is 9.88 Å². The largest absolute Gasteiger partial charge is 0.493 e. The second-order valence-corrected chi connectivity index (χ2v) is 8.75. The van der Waals surface area contributed by atoms with Crippen molar-refractivity contribution in [3.05, 3.63) is 42.5 Å². The summed E-state index contributed by atoms with van der Waals surface area (Å²) < 4.78 is 34.6. The molecule has 0 atom stereocenters. The SMILES string of the molecule is COc1ccc(N2CCN(c3ccccc3)S2(=O)=O)nc1N1CCN(C)CC1. The summed E-state index contributed by atoms with van der Waals surface area (Å²) in [6, 6.07) is 12.7. The highest BCUT2D eigenvalue weighted by Gasteiger charge is 2.38. The average molecular weight is 404 g/mol. The highest BCUT2D eigenvalue weighted by molar-refractivity contribution is 7.94. The van der Waals surface area contributed by atoms with Crippen molar-refractivity contribution in [3.63, 3.8) is 0 Å². The second kappa shape index (κ2) is 7.48. The molecule has 2 aliphatic rings. The Bertz CT molecular complexity index is 930. The molecule has 0 amide bonds. The lowest BCUT2D eigenvalue weighted by atomic mass is 10.3. The van der Waals surface area contributed by atoms with Crippen LogP contribution < -0.4 is 18.2 Å². The Morgan fingerprint density at radius 2 is 1.57 bits per heavy atom. The van der Waals surface area contributed by atoms with Crippen LogP contribution in [-0.4, -0.2) is 71.7 Å². The van der Waals surface area contributed by atoms with Crippen molar-refractivity contribution >= 4 is 27.5 Å². The van der Waals surface area contributed by atoms with E-state index in [-0.39, 0.29) is 0 Å². The van der Waals surface area contributed by atoms with Gasteiger partial charge in [0.15, 0.2) is 11.6 Å². The van der Waals surface area contributed by atoms with Gasteiger partial charge in [-0.1, -0.05) is 18.2 Å². The van der Waals surface area contributed by atoms with Gasteiger partial charge in [0.25, 0.3) is 0 Å². The van der Waals surface area contributed by atoms with Crippen LogP contribution in [-0.2, 0) is 10.2 Å². The molecule has 2 aromatic rings. The van der Waals surface area contributed by atoms with E-state index in [0.29, 0.717) is 36.2 Å². The first-order chi connectivity index (χ1) is 13.5. The third-order valence-electron chi connectivity index (χ3n) is 5.21. The summed E-state index contributed by atoms with van der Waals surface area (Å²) in [4.78, 5) is 9.11. The third-order valence-corrected chi connectivity index (χ3v) is 7.09. The fraction of sp³-hybridized carbons (Fsp3) is 0.421. The number of anilines is 3. The molecule has 1 aromatic carbocycles. The standard InChI is InChI=1S/C19H25N5O3S/c1-21-10-12-22(13-11-21)19-17(27-2)8-9-18(20-19)24-15-14-23(28(24,25)26)16-6-4-3-5-7-16/h3-9H,10-15H2,1-2H3. The number of benzene rings is 1. The van der Waals surface area contributed by atoms with E-state index < -0.39 is 10.2 Å². The maximum atomic E-state index is 13.1. The van der Waals surface area contributed by atoms with Crippen molar-refractivity contribution in [2.24, 2.45) is 0 Å². The highest BCUT2D eigenvalue weighted by atomic mass is 32.2. The van der Waals surface area contributed by atoms with E-state index in [1.807, 2.05) is 18.2 Å². The number of aromatic nitrogens is 1. The van der Waals surface area contributed by atoms with Gasteiger partial charge >= 0.3 is 10.2 Å². The molecule has 0 unspecified atom stereocenters. The smallest absolute Gasteiger partial charge is 0.327 e. The monoisotopic (exact) mass is 403 g/mol. The van der Waals surface area contributed by atoms with E-state index in [2.05, 4.69) is 16.8 Å². The summed E-state index contributed by atoms with van der Waals surface area (Å²) in [7, 11) is 0.0286. The second-order valence-electron chi connectivity index (χ2n) is 6.97. The first-order valence-electron chi connectivity index (χ1n) is 9.34. The van der Waals surface area contributed by atoms with Crippen LogP contribution in [0.1, 0.15) is 0 Å². The third kappa shape index (κ3) is 3.35. The number of pyridine rings is 1. The number of hydrogen-bond donors (Lipinski definition) is 0. The molecule has 0 bridgehead atoms. The fourth-order valence-electron chi connectivity index (χ4n) is 3.59. The van der Waals surface area contributed by atoms with E-state index in [1.54, 1.807) is 31.4 Å². The molecule has 4 rings (SSSR count). The van der Waals surface area contributed by atoms with Gasteiger partial charge in [-0.2, -0.15) is 8.42 Å². The minimum atomic E-state index is -3.67. The lowest BCUT2D eigenvalue weighted by molar-refractivity contribution is 0.310. The summed E-state index contributed by atoms with van der Waals surface area (Å²) in [5.74, 6) is 1.78. The number of piperazine rings is 1. The molecule has 1 aromatic heterocycles. The molecule has 0 spiro atoms. The van der Waals surface area contributed by atoms with Crippen molar-refractivity contribution < 1.29 is 13.2 Å². The molecule has 0 radical (unpaired) electrons. The van der Waals surface area contributed by atoms with Crippen LogP contribution in [0.2, 0.25) is 0 Å². The first-order valence-corrected chi connectivity index (χ1v) is 10.7. The van der Waals surface area contributed by atoms with Crippen molar-refractivity contribution in [2.45, 2.75) is 0 Å². The molecule has 150 valence electrons. The molecular formula is C19H25N5O3S. The Hall–Kier alpha value is -2.52. The summed E-state index contributed by atoms with van der Waals surface area (Å²) in [5.41, 5.74) is 0.665. The molecule has 3 heterocycles. The summed E-state index contributed by atoms with van der Waals surface area (Å²) in [6.45, 7) is 4.26. The van der Waals surface area contributed by atoms with Gasteiger partial charge in [-0.3, -0.25) is 4.31 Å². The minimum absolute atomic E-state index is 0.360. The van der Waals surface area contributed by atoms with Crippen LogP contribution in [0.25, 0.3) is 0 Å². The average Bonchev–Trinajstić information content (AvgIpc) is 3.03. The van der Waals surface area contributed by atoms with Gasteiger partial charge in [0.05, 0.1) is 25.9 Å². The molecule has 2 saturated heterocycles. The Kier molecular flexibility index (Phi) is 5.03. The zero-order chi connectivity index (χ0) is 19.7. The number of likely N-dealkylation sites (N-methyl/N-ethyl adjacent to an activating group) is 1. The van der Waals surface area contributed by atoms with Crippen LogP contribution >= 0.6 is 0 Å². The maximum Gasteiger partial charge on any atom is 0.327 e. The predicted octanol–water partition coefficient (Wildman–Crippen LogP) is 1.41. The summed E-state index contributed by atoms with van der Waals surface area (Å²) in [5, 5.41) is 0. The van der Waals surface area contributed by atoms with Gasteiger partial charge in [0.2, 0.25) is 0 Å². The van der Waals surface area contributed by atoms with Gasteiger partial charge in [-0.25, -0.2) is 9.29 Å². The Labute approximate surface area is 166 Å². The molecular weight excluding hydrogens is 378 g/mol. The van der Waals surface area contributed by atoms with E-state index in [1.165, 1.54) is 8.61 Å². The molecule has 0 aliphatic carbocycles. The van der Waals surface area contributed by atoms with Crippen LogP contribution in [0.15, 0.2) is 42.5 Å². The van der Waals surface area contributed by atoms with Crippen LogP contribution in [0, 0.1) is 0 Å². The Balaban J connectivity index is 1.65. The van der Waals surface area contributed by atoms with Crippen molar-refractivity contribution in [3.8, 4) is 5.75 Å². The number of ether oxygens (including phenoxy) is 1. The number of methoxy groups -OCH3 is 1. The van der Waals surface area contributed by atoms with Crippen LogP contribution in [0.5, 0.6) is 5.75 Å². The summed E-state index contributed by atoms with van der Waals surface area (Å²) in [6.07, 6.45) is 0. The molecule has 28 heavy (non-hydrogen) atoms. The molecule has 2 aliphatic heterocycles. The fourth-order valence-corrected chi connectivity index (χ4v) is 5.18. The predicted molar refractivity (Wildman–Crippen MR) is 111 cm³/mol. The van der Waals surface area contributed by atoms with E-state index >= 15 is 0 Å². The molecule has 9 heteroatoms. The lowest BCUT2D eigenvalue weighted by Gasteiger charge is -2.34. The van der Waals surface area contributed by atoms with E-state index in [9.17, 15) is 8.42 Å². The van der Waals surface area contributed by atoms with Crippen molar-refractivity contribution in [2.75, 3.05) is 66.9 Å².